The summed E-state index contributed by atoms with van der Waals surface area (Å²) in [7, 11) is 3.89. The van der Waals surface area contributed by atoms with Crippen LogP contribution >= 0.6 is 0 Å². The molecule has 2 aromatic carbocycles. The maximum Gasteiger partial charge on any atom is 0.270 e. The van der Waals surface area contributed by atoms with Crippen molar-refractivity contribution in [1.29, 1.82) is 0 Å². The van der Waals surface area contributed by atoms with Gasteiger partial charge in [0.2, 0.25) is 0 Å². The van der Waals surface area contributed by atoms with E-state index in [0.717, 1.165) is 5.56 Å². The van der Waals surface area contributed by atoms with E-state index in [9.17, 15) is 14.9 Å². The number of carbonyl (C=O) groups excluding carboxylic acids is 1. The van der Waals surface area contributed by atoms with Gasteiger partial charge in [0.25, 0.3) is 11.6 Å². The van der Waals surface area contributed by atoms with Crippen molar-refractivity contribution in [2.24, 2.45) is 0 Å². The van der Waals surface area contributed by atoms with Gasteiger partial charge in [-0.15, -0.1) is 0 Å². The molecule has 0 fully saturated rings. The topological polar surface area (TPSA) is 66.7 Å². The lowest BCUT2D eigenvalue weighted by atomic mass is 10.1. The molecule has 6 heteroatoms. The van der Waals surface area contributed by atoms with E-state index < -0.39 is 4.92 Å². The molecule has 0 aliphatic heterocycles. The lowest BCUT2D eigenvalue weighted by Gasteiger charge is -2.24. The van der Waals surface area contributed by atoms with Crippen molar-refractivity contribution in [1.82, 2.24) is 9.80 Å². The molecular weight excluding hydrogens is 306 g/mol. The Morgan fingerprint density at radius 1 is 1.04 bits per heavy atom. The number of nitro benzene ring substituents is 1. The summed E-state index contributed by atoms with van der Waals surface area (Å²) in [5.74, 6) is -0.204. The first-order valence-electron chi connectivity index (χ1n) is 7.70. The van der Waals surface area contributed by atoms with Gasteiger partial charge in [-0.2, -0.15) is 0 Å². The fraction of sp³-hybridized carbons (Fsp3) is 0.278. The Kier molecular flexibility index (Phi) is 6.03. The molecule has 126 valence electrons. The summed E-state index contributed by atoms with van der Waals surface area (Å²) in [6, 6.07) is 15.6. The highest BCUT2D eigenvalue weighted by molar-refractivity contribution is 5.94. The second kappa shape index (κ2) is 8.21. The molecule has 0 saturated heterocycles. The predicted octanol–water partition coefficient (Wildman–Crippen LogP) is 2.80. The molecule has 0 saturated carbocycles. The second-order valence-electron chi connectivity index (χ2n) is 5.82. The van der Waals surface area contributed by atoms with Crippen LogP contribution in [0.4, 0.5) is 5.69 Å². The number of benzene rings is 2. The van der Waals surface area contributed by atoms with Gasteiger partial charge in [0.1, 0.15) is 0 Å². The third-order valence-corrected chi connectivity index (χ3v) is 3.62. The van der Waals surface area contributed by atoms with Gasteiger partial charge in [0.15, 0.2) is 0 Å². The first-order valence-corrected chi connectivity index (χ1v) is 7.70. The molecule has 6 nitrogen and oxygen atoms in total. The van der Waals surface area contributed by atoms with Gasteiger partial charge >= 0.3 is 0 Å². The molecular formula is C18H21N3O3. The average Bonchev–Trinajstić information content (AvgIpc) is 2.58. The molecule has 0 spiro atoms. The van der Waals surface area contributed by atoms with Crippen LogP contribution in [0.3, 0.4) is 0 Å². The standard InChI is InChI=1S/C18H21N3O3/c1-19(2)11-12-20(14-15-7-4-3-5-8-15)18(22)16-9-6-10-17(13-16)21(23)24/h3-10,13H,11-12,14H2,1-2H3. The third-order valence-electron chi connectivity index (χ3n) is 3.62. The summed E-state index contributed by atoms with van der Waals surface area (Å²) in [5.41, 5.74) is 1.28. The SMILES string of the molecule is CN(C)CCN(Cc1ccccc1)C(=O)c1cccc([N+](=O)[O-])c1. The number of likely N-dealkylation sites (N-methyl/N-ethyl adjacent to an activating group) is 1. The Morgan fingerprint density at radius 3 is 2.38 bits per heavy atom. The van der Waals surface area contributed by atoms with Crippen molar-refractivity contribution in [3.63, 3.8) is 0 Å². The van der Waals surface area contributed by atoms with Crippen LogP contribution in [0, 0.1) is 10.1 Å². The molecule has 0 unspecified atom stereocenters. The van der Waals surface area contributed by atoms with E-state index in [2.05, 4.69) is 0 Å². The number of non-ortho nitro benzene ring substituents is 1. The maximum atomic E-state index is 12.8. The number of carbonyl (C=O) groups is 1. The number of amides is 1. The van der Waals surface area contributed by atoms with Crippen molar-refractivity contribution < 1.29 is 9.72 Å². The van der Waals surface area contributed by atoms with Crippen molar-refractivity contribution in [2.45, 2.75) is 6.54 Å². The van der Waals surface area contributed by atoms with Gasteiger partial charge in [-0.3, -0.25) is 14.9 Å². The lowest BCUT2D eigenvalue weighted by molar-refractivity contribution is -0.384. The minimum absolute atomic E-state index is 0.0758. The molecule has 0 aliphatic carbocycles. The first-order chi connectivity index (χ1) is 11.5. The summed E-state index contributed by atoms with van der Waals surface area (Å²) in [6.45, 7) is 1.73. The second-order valence-corrected chi connectivity index (χ2v) is 5.82. The van der Waals surface area contributed by atoms with Crippen molar-refractivity contribution in [3.05, 3.63) is 75.8 Å². The summed E-state index contributed by atoms with van der Waals surface area (Å²) in [6.07, 6.45) is 0. The smallest absolute Gasteiger partial charge is 0.270 e. The van der Waals surface area contributed by atoms with Gasteiger partial charge < -0.3 is 9.80 Å². The number of hydrogen-bond donors (Lipinski definition) is 0. The van der Waals surface area contributed by atoms with E-state index in [0.29, 0.717) is 25.2 Å². The molecule has 0 aromatic heterocycles. The molecule has 0 radical (unpaired) electrons. The van der Waals surface area contributed by atoms with E-state index in [4.69, 9.17) is 0 Å². The zero-order valence-electron chi connectivity index (χ0n) is 13.9. The zero-order valence-corrected chi connectivity index (χ0v) is 13.9. The van der Waals surface area contributed by atoms with Gasteiger partial charge in [-0.1, -0.05) is 36.4 Å². The summed E-state index contributed by atoms with van der Waals surface area (Å²) < 4.78 is 0. The summed E-state index contributed by atoms with van der Waals surface area (Å²) in [5, 5.41) is 10.9. The number of rotatable bonds is 7. The van der Waals surface area contributed by atoms with Crippen LogP contribution in [-0.4, -0.2) is 47.8 Å². The van der Waals surface area contributed by atoms with E-state index in [1.165, 1.54) is 18.2 Å². The normalized spacial score (nSPS) is 10.6. The molecule has 2 aromatic rings. The molecule has 0 heterocycles. The van der Waals surface area contributed by atoms with Crippen LogP contribution in [-0.2, 0) is 6.54 Å². The quantitative estimate of drug-likeness (QED) is 0.579. The van der Waals surface area contributed by atoms with Gasteiger partial charge in [-0.05, 0) is 25.7 Å². The summed E-state index contributed by atoms with van der Waals surface area (Å²) >= 11 is 0. The molecule has 24 heavy (non-hydrogen) atoms. The molecule has 2 rings (SSSR count). The Balaban J connectivity index is 2.23. The minimum atomic E-state index is -0.488. The maximum absolute atomic E-state index is 12.8. The van der Waals surface area contributed by atoms with Crippen LogP contribution in [0.15, 0.2) is 54.6 Å². The Morgan fingerprint density at radius 2 is 1.75 bits per heavy atom. The fourth-order valence-electron chi connectivity index (χ4n) is 2.31. The average molecular weight is 327 g/mol. The Bertz CT molecular complexity index is 702. The molecule has 0 bridgehead atoms. The highest BCUT2D eigenvalue weighted by Crippen LogP contribution is 2.16. The number of hydrogen-bond acceptors (Lipinski definition) is 4. The van der Waals surface area contributed by atoms with E-state index in [-0.39, 0.29) is 11.6 Å². The first kappa shape index (κ1) is 17.6. The molecule has 0 N–H and O–H groups in total. The van der Waals surface area contributed by atoms with E-state index >= 15 is 0 Å². The van der Waals surface area contributed by atoms with Gasteiger partial charge in [-0.25, -0.2) is 0 Å². The minimum Gasteiger partial charge on any atom is -0.333 e. The fourth-order valence-corrected chi connectivity index (χ4v) is 2.31. The van der Waals surface area contributed by atoms with Crippen LogP contribution in [0.5, 0.6) is 0 Å². The van der Waals surface area contributed by atoms with Crippen LogP contribution in [0.25, 0.3) is 0 Å². The monoisotopic (exact) mass is 327 g/mol. The van der Waals surface area contributed by atoms with E-state index in [1.807, 2.05) is 49.3 Å². The zero-order chi connectivity index (χ0) is 17.5. The van der Waals surface area contributed by atoms with Gasteiger partial charge in [0.05, 0.1) is 4.92 Å². The molecule has 0 aliphatic rings. The summed E-state index contributed by atoms with van der Waals surface area (Å²) in [4.78, 5) is 27.0. The highest BCUT2D eigenvalue weighted by Gasteiger charge is 2.18. The van der Waals surface area contributed by atoms with Crippen molar-refractivity contribution in [3.8, 4) is 0 Å². The molecule has 0 atom stereocenters. The van der Waals surface area contributed by atoms with Crippen LogP contribution < -0.4 is 0 Å². The third kappa shape index (κ3) is 4.89. The van der Waals surface area contributed by atoms with Gasteiger partial charge in [0, 0.05) is 37.3 Å². The molecule has 1 amide bonds. The largest absolute Gasteiger partial charge is 0.333 e. The van der Waals surface area contributed by atoms with Crippen molar-refractivity contribution >= 4 is 11.6 Å². The number of nitro groups is 1. The van der Waals surface area contributed by atoms with E-state index in [1.54, 1.807) is 11.0 Å². The number of nitrogens with zero attached hydrogens (tertiary/aromatic N) is 3. The van der Waals surface area contributed by atoms with Crippen molar-refractivity contribution in [2.75, 3.05) is 27.2 Å². The van der Waals surface area contributed by atoms with Crippen LogP contribution in [0.1, 0.15) is 15.9 Å². The highest BCUT2D eigenvalue weighted by atomic mass is 16.6. The predicted molar refractivity (Wildman–Crippen MR) is 92.8 cm³/mol. The Labute approximate surface area is 141 Å². The lowest BCUT2D eigenvalue weighted by Crippen LogP contribution is -2.36. The van der Waals surface area contributed by atoms with Crippen LogP contribution in [0.2, 0.25) is 0 Å². The Hall–Kier alpha value is -2.73.